The summed E-state index contributed by atoms with van der Waals surface area (Å²) in [6, 6.07) is 0.234. The van der Waals surface area contributed by atoms with Crippen LogP contribution in [-0.4, -0.2) is 31.2 Å². The van der Waals surface area contributed by atoms with E-state index in [-0.39, 0.29) is 18.1 Å². The van der Waals surface area contributed by atoms with Crippen LogP contribution in [0.25, 0.3) is 0 Å². The first-order chi connectivity index (χ1) is 9.10. The van der Waals surface area contributed by atoms with E-state index in [0.717, 1.165) is 19.4 Å². The molecule has 3 N–H and O–H groups in total. The Balaban J connectivity index is 1.76. The van der Waals surface area contributed by atoms with Gasteiger partial charge in [-0.05, 0) is 50.0 Å². The summed E-state index contributed by atoms with van der Waals surface area (Å²) < 4.78 is 5.75. The minimum atomic E-state index is 0.150. The van der Waals surface area contributed by atoms with Crippen molar-refractivity contribution in [3.63, 3.8) is 0 Å². The normalized spacial score (nSPS) is 28.6. The minimum Gasteiger partial charge on any atom is -0.376 e. The third-order valence-electron chi connectivity index (χ3n) is 4.18. The Morgan fingerprint density at radius 2 is 2.11 bits per heavy atom. The number of carbonyl (C=O) groups is 1. The van der Waals surface area contributed by atoms with Crippen molar-refractivity contribution in [3.05, 3.63) is 0 Å². The van der Waals surface area contributed by atoms with E-state index in [1.165, 1.54) is 12.8 Å². The molecule has 2 fully saturated rings. The summed E-state index contributed by atoms with van der Waals surface area (Å²) in [5.41, 5.74) is 5.76. The molecule has 19 heavy (non-hydrogen) atoms. The molecule has 1 heterocycles. The smallest absolute Gasteiger partial charge is 0.220 e. The zero-order valence-electron chi connectivity index (χ0n) is 12.2. The largest absolute Gasteiger partial charge is 0.376 e. The number of amides is 1. The van der Waals surface area contributed by atoms with Crippen molar-refractivity contribution in [3.8, 4) is 0 Å². The lowest BCUT2D eigenvalue weighted by atomic mass is 9.93. The third kappa shape index (κ3) is 4.46. The van der Waals surface area contributed by atoms with Gasteiger partial charge in [0.15, 0.2) is 0 Å². The molecule has 3 unspecified atom stereocenters. The SMILES string of the molecule is CC(C)CC(CN)CC(=O)NC1CCOC1C1CC1. The van der Waals surface area contributed by atoms with Crippen LogP contribution in [0, 0.1) is 17.8 Å². The highest BCUT2D eigenvalue weighted by molar-refractivity contribution is 5.76. The molecule has 4 heteroatoms. The quantitative estimate of drug-likeness (QED) is 0.738. The molecule has 1 saturated heterocycles. The summed E-state index contributed by atoms with van der Waals surface area (Å²) in [7, 11) is 0. The number of ether oxygens (including phenoxy) is 1. The molecule has 0 aromatic heterocycles. The summed E-state index contributed by atoms with van der Waals surface area (Å²) in [6.07, 6.45) is 5.33. The molecule has 0 radical (unpaired) electrons. The van der Waals surface area contributed by atoms with E-state index in [9.17, 15) is 4.79 Å². The molecule has 3 atom stereocenters. The first-order valence-corrected chi connectivity index (χ1v) is 7.71. The lowest BCUT2D eigenvalue weighted by molar-refractivity contribution is -0.123. The Kier molecular flexibility index (Phi) is 5.22. The minimum absolute atomic E-state index is 0.150. The lowest BCUT2D eigenvalue weighted by Gasteiger charge is -2.22. The topological polar surface area (TPSA) is 64.4 Å². The van der Waals surface area contributed by atoms with E-state index >= 15 is 0 Å². The molecular weight excluding hydrogens is 240 g/mol. The standard InChI is InChI=1S/C15H28N2O2/c1-10(2)7-11(9-16)8-14(18)17-13-5-6-19-15(13)12-3-4-12/h10-13,15H,3-9,16H2,1-2H3,(H,17,18). The summed E-state index contributed by atoms with van der Waals surface area (Å²) in [4.78, 5) is 12.1. The van der Waals surface area contributed by atoms with Crippen molar-refractivity contribution in [2.24, 2.45) is 23.5 Å². The second kappa shape index (κ2) is 6.71. The third-order valence-corrected chi connectivity index (χ3v) is 4.18. The van der Waals surface area contributed by atoms with Gasteiger partial charge in [0.2, 0.25) is 5.91 Å². The van der Waals surface area contributed by atoms with Crippen LogP contribution in [0.2, 0.25) is 0 Å². The van der Waals surface area contributed by atoms with Crippen molar-refractivity contribution in [1.29, 1.82) is 0 Å². The van der Waals surface area contributed by atoms with Gasteiger partial charge in [0.05, 0.1) is 12.1 Å². The maximum atomic E-state index is 12.1. The Morgan fingerprint density at radius 3 is 2.68 bits per heavy atom. The Labute approximate surface area is 116 Å². The van der Waals surface area contributed by atoms with E-state index < -0.39 is 0 Å². The van der Waals surface area contributed by atoms with E-state index in [1.807, 2.05) is 0 Å². The lowest BCUT2D eigenvalue weighted by Crippen LogP contribution is -2.42. The highest BCUT2D eigenvalue weighted by Gasteiger charge is 2.41. The molecule has 0 aromatic carbocycles. The van der Waals surface area contributed by atoms with E-state index in [4.69, 9.17) is 10.5 Å². The summed E-state index contributed by atoms with van der Waals surface area (Å²) in [5.74, 6) is 1.74. The summed E-state index contributed by atoms with van der Waals surface area (Å²) >= 11 is 0. The van der Waals surface area contributed by atoms with Crippen LogP contribution < -0.4 is 11.1 Å². The van der Waals surface area contributed by atoms with E-state index in [2.05, 4.69) is 19.2 Å². The maximum Gasteiger partial charge on any atom is 0.220 e. The zero-order chi connectivity index (χ0) is 13.8. The predicted molar refractivity (Wildman–Crippen MR) is 75.6 cm³/mol. The Hall–Kier alpha value is -0.610. The van der Waals surface area contributed by atoms with Crippen molar-refractivity contribution in [1.82, 2.24) is 5.32 Å². The number of hydrogen-bond donors (Lipinski definition) is 2. The Bertz CT molecular complexity index is 303. The van der Waals surface area contributed by atoms with Gasteiger partial charge in [-0.2, -0.15) is 0 Å². The monoisotopic (exact) mass is 268 g/mol. The summed E-state index contributed by atoms with van der Waals surface area (Å²) in [6.45, 7) is 5.74. The average Bonchev–Trinajstić information content (AvgIpc) is 3.09. The molecule has 1 aliphatic heterocycles. The van der Waals surface area contributed by atoms with Crippen molar-refractivity contribution in [2.45, 2.75) is 58.1 Å². The van der Waals surface area contributed by atoms with Gasteiger partial charge in [-0.1, -0.05) is 13.8 Å². The number of nitrogens with one attached hydrogen (secondary N) is 1. The molecule has 0 spiro atoms. The van der Waals surface area contributed by atoms with Crippen LogP contribution in [0.1, 0.15) is 46.0 Å². The van der Waals surface area contributed by atoms with Gasteiger partial charge in [0, 0.05) is 13.0 Å². The molecule has 1 saturated carbocycles. The van der Waals surface area contributed by atoms with Crippen LogP contribution in [0.4, 0.5) is 0 Å². The van der Waals surface area contributed by atoms with Crippen molar-refractivity contribution in [2.75, 3.05) is 13.2 Å². The molecule has 0 bridgehead atoms. The van der Waals surface area contributed by atoms with Crippen LogP contribution in [0.5, 0.6) is 0 Å². The van der Waals surface area contributed by atoms with Crippen LogP contribution >= 0.6 is 0 Å². The summed E-state index contributed by atoms with van der Waals surface area (Å²) in [5, 5.41) is 3.17. The van der Waals surface area contributed by atoms with Gasteiger partial charge in [-0.15, -0.1) is 0 Å². The van der Waals surface area contributed by atoms with Crippen molar-refractivity contribution >= 4 is 5.91 Å². The number of rotatable bonds is 7. The Morgan fingerprint density at radius 1 is 1.37 bits per heavy atom. The number of carbonyl (C=O) groups excluding carboxylic acids is 1. The maximum absolute atomic E-state index is 12.1. The zero-order valence-corrected chi connectivity index (χ0v) is 12.2. The van der Waals surface area contributed by atoms with Gasteiger partial charge in [-0.25, -0.2) is 0 Å². The first-order valence-electron chi connectivity index (χ1n) is 7.71. The molecule has 2 aliphatic rings. The second-order valence-corrected chi connectivity index (χ2v) is 6.57. The van der Waals surface area contributed by atoms with Crippen LogP contribution in [0.3, 0.4) is 0 Å². The fraction of sp³-hybridized carbons (Fsp3) is 0.933. The number of hydrogen-bond acceptors (Lipinski definition) is 3. The van der Waals surface area contributed by atoms with Gasteiger partial charge < -0.3 is 15.8 Å². The molecule has 2 rings (SSSR count). The van der Waals surface area contributed by atoms with Gasteiger partial charge >= 0.3 is 0 Å². The van der Waals surface area contributed by atoms with Gasteiger partial charge in [0.25, 0.3) is 0 Å². The van der Waals surface area contributed by atoms with E-state index in [0.29, 0.717) is 30.7 Å². The van der Waals surface area contributed by atoms with Crippen molar-refractivity contribution < 1.29 is 9.53 Å². The van der Waals surface area contributed by atoms with Crippen LogP contribution in [0.15, 0.2) is 0 Å². The highest BCUT2D eigenvalue weighted by Crippen LogP contribution is 2.38. The predicted octanol–water partition coefficient (Wildman–Crippen LogP) is 1.68. The second-order valence-electron chi connectivity index (χ2n) is 6.57. The van der Waals surface area contributed by atoms with Gasteiger partial charge in [0.1, 0.15) is 0 Å². The number of nitrogens with two attached hydrogens (primary N) is 1. The fourth-order valence-electron chi connectivity index (χ4n) is 3.11. The molecule has 1 amide bonds. The molecule has 0 aromatic rings. The molecule has 110 valence electrons. The highest BCUT2D eigenvalue weighted by atomic mass is 16.5. The van der Waals surface area contributed by atoms with E-state index in [1.54, 1.807) is 0 Å². The fourth-order valence-corrected chi connectivity index (χ4v) is 3.11. The average molecular weight is 268 g/mol. The van der Waals surface area contributed by atoms with Gasteiger partial charge in [-0.3, -0.25) is 4.79 Å². The molecule has 4 nitrogen and oxygen atoms in total. The molecular formula is C15H28N2O2. The molecule has 1 aliphatic carbocycles. The van der Waals surface area contributed by atoms with Crippen LogP contribution in [-0.2, 0) is 9.53 Å². The first kappa shape index (κ1) is 14.8.